The lowest BCUT2D eigenvalue weighted by atomic mass is 9.83. The Morgan fingerprint density at radius 2 is 1.71 bits per heavy atom. The molecular formula is C19H20N2. The zero-order valence-electron chi connectivity index (χ0n) is 12.5. The van der Waals surface area contributed by atoms with Crippen molar-refractivity contribution in [2.24, 2.45) is 5.73 Å². The number of hydrogen-bond donors (Lipinski definition) is 1. The quantitative estimate of drug-likeness (QED) is 0.786. The van der Waals surface area contributed by atoms with Crippen LogP contribution in [-0.4, -0.2) is 4.98 Å². The van der Waals surface area contributed by atoms with Crippen molar-refractivity contribution in [3.63, 3.8) is 0 Å². The molecule has 0 saturated carbocycles. The third kappa shape index (κ3) is 2.67. The van der Waals surface area contributed by atoms with Gasteiger partial charge in [0.05, 0.1) is 5.52 Å². The molecule has 3 rings (SSSR count). The number of pyridine rings is 1. The monoisotopic (exact) mass is 276 g/mol. The number of rotatable bonds is 3. The standard InChI is InChI=1S/C19H20N2/c1-14-7-3-5-9-17(14)19(2,20)13-15-11-12-21-18-10-6-4-8-16(15)18/h3-12H,13,20H2,1-2H3. The van der Waals surface area contributed by atoms with Crippen molar-refractivity contribution in [1.82, 2.24) is 4.98 Å². The molecule has 1 unspecified atom stereocenters. The molecule has 0 aliphatic heterocycles. The van der Waals surface area contributed by atoms with E-state index >= 15 is 0 Å². The minimum Gasteiger partial charge on any atom is -0.321 e. The van der Waals surface area contributed by atoms with Crippen molar-refractivity contribution < 1.29 is 0 Å². The van der Waals surface area contributed by atoms with Crippen molar-refractivity contribution in [1.29, 1.82) is 0 Å². The van der Waals surface area contributed by atoms with Gasteiger partial charge in [-0.25, -0.2) is 0 Å². The minimum atomic E-state index is -0.393. The molecule has 3 aromatic rings. The summed E-state index contributed by atoms with van der Waals surface area (Å²) in [6.45, 7) is 4.22. The van der Waals surface area contributed by atoms with Crippen LogP contribution in [0.2, 0.25) is 0 Å². The number of aryl methyl sites for hydroxylation is 1. The molecule has 0 aliphatic rings. The predicted molar refractivity (Wildman–Crippen MR) is 88.2 cm³/mol. The first-order chi connectivity index (χ1) is 10.1. The van der Waals surface area contributed by atoms with Crippen LogP contribution in [0.25, 0.3) is 10.9 Å². The molecule has 106 valence electrons. The Morgan fingerprint density at radius 3 is 2.52 bits per heavy atom. The van der Waals surface area contributed by atoms with Crippen molar-refractivity contribution in [2.45, 2.75) is 25.8 Å². The van der Waals surface area contributed by atoms with Gasteiger partial charge in [-0.15, -0.1) is 0 Å². The van der Waals surface area contributed by atoms with Gasteiger partial charge in [0, 0.05) is 17.1 Å². The average Bonchev–Trinajstić information content (AvgIpc) is 2.47. The highest BCUT2D eigenvalue weighted by atomic mass is 14.7. The first-order valence-electron chi connectivity index (χ1n) is 7.25. The fourth-order valence-corrected chi connectivity index (χ4v) is 3.01. The molecule has 1 atom stereocenters. The maximum Gasteiger partial charge on any atom is 0.0704 e. The van der Waals surface area contributed by atoms with E-state index in [2.05, 4.69) is 61.3 Å². The second-order valence-corrected chi connectivity index (χ2v) is 5.90. The van der Waals surface area contributed by atoms with E-state index in [9.17, 15) is 0 Å². The Bertz CT molecular complexity index is 770. The van der Waals surface area contributed by atoms with E-state index in [0.29, 0.717) is 0 Å². The molecule has 2 aromatic carbocycles. The summed E-state index contributed by atoms with van der Waals surface area (Å²) in [5.41, 5.74) is 11.0. The summed E-state index contributed by atoms with van der Waals surface area (Å²) >= 11 is 0. The summed E-state index contributed by atoms with van der Waals surface area (Å²) in [6.07, 6.45) is 2.66. The van der Waals surface area contributed by atoms with Gasteiger partial charge in [-0.1, -0.05) is 42.5 Å². The minimum absolute atomic E-state index is 0.393. The van der Waals surface area contributed by atoms with Gasteiger partial charge in [-0.3, -0.25) is 4.98 Å². The van der Waals surface area contributed by atoms with Gasteiger partial charge < -0.3 is 5.73 Å². The highest BCUT2D eigenvalue weighted by Crippen LogP contribution is 2.28. The Hall–Kier alpha value is -2.19. The van der Waals surface area contributed by atoms with Crippen molar-refractivity contribution >= 4 is 10.9 Å². The van der Waals surface area contributed by atoms with Crippen LogP contribution in [-0.2, 0) is 12.0 Å². The Kier molecular flexibility index (Phi) is 3.48. The number of aromatic nitrogens is 1. The summed E-state index contributed by atoms with van der Waals surface area (Å²) in [7, 11) is 0. The molecule has 0 fully saturated rings. The lowest BCUT2D eigenvalue weighted by Crippen LogP contribution is -2.36. The SMILES string of the molecule is Cc1ccccc1C(C)(N)Cc1ccnc2ccccc12. The number of para-hydroxylation sites is 1. The van der Waals surface area contributed by atoms with Gasteiger partial charge in [-0.05, 0) is 49.1 Å². The molecule has 0 saturated heterocycles. The van der Waals surface area contributed by atoms with E-state index in [1.165, 1.54) is 22.1 Å². The third-order valence-electron chi connectivity index (χ3n) is 4.06. The summed E-state index contributed by atoms with van der Waals surface area (Å²) in [5, 5.41) is 1.19. The van der Waals surface area contributed by atoms with Crippen molar-refractivity contribution in [3.8, 4) is 0 Å². The zero-order valence-corrected chi connectivity index (χ0v) is 12.5. The molecule has 0 bridgehead atoms. The fraction of sp³-hybridized carbons (Fsp3) is 0.211. The van der Waals surface area contributed by atoms with Crippen LogP contribution in [0.1, 0.15) is 23.6 Å². The maximum absolute atomic E-state index is 6.64. The van der Waals surface area contributed by atoms with Crippen LogP contribution in [0, 0.1) is 6.92 Å². The molecule has 0 spiro atoms. The van der Waals surface area contributed by atoms with E-state index in [0.717, 1.165) is 11.9 Å². The van der Waals surface area contributed by atoms with E-state index in [4.69, 9.17) is 5.73 Å². The highest BCUT2D eigenvalue weighted by Gasteiger charge is 2.24. The van der Waals surface area contributed by atoms with Crippen LogP contribution in [0.3, 0.4) is 0 Å². The summed E-state index contributed by atoms with van der Waals surface area (Å²) in [6, 6.07) is 18.6. The Morgan fingerprint density at radius 1 is 1.00 bits per heavy atom. The van der Waals surface area contributed by atoms with Crippen molar-refractivity contribution in [3.05, 3.63) is 77.5 Å². The van der Waals surface area contributed by atoms with E-state index in [1.54, 1.807) is 0 Å². The average molecular weight is 276 g/mol. The Balaban J connectivity index is 2.04. The molecule has 1 aromatic heterocycles. The number of fused-ring (bicyclic) bond motifs is 1. The number of hydrogen-bond acceptors (Lipinski definition) is 2. The number of nitrogens with zero attached hydrogens (tertiary/aromatic N) is 1. The van der Waals surface area contributed by atoms with Crippen LogP contribution in [0.4, 0.5) is 0 Å². The lowest BCUT2D eigenvalue weighted by Gasteiger charge is -2.27. The topological polar surface area (TPSA) is 38.9 Å². The van der Waals surface area contributed by atoms with E-state index in [1.807, 2.05) is 18.3 Å². The second-order valence-electron chi connectivity index (χ2n) is 5.90. The van der Waals surface area contributed by atoms with Crippen LogP contribution >= 0.6 is 0 Å². The summed E-state index contributed by atoms with van der Waals surface area (Å²) in [4.78, 5) is 4.42. The molecular weight excluding hydrogens is 256 g/mol. The molecule has 0 amide bonds. The number of nitrogens with two attached hydrogens (primary N) is 1. The van der Waals surface area contributed by atoms with Gasteiger partial charge in [0.15, 0.2) is 0 Å². The van der Waals surface area contributed by atoms with E-state index in [-0.39, 0.29) is 0 Å². The van der Waals surface area contributed by atoms with Gasteiger partial charge in [-0.2, -0.15) is 0 Å². The van der Waals surface area contributed by atoms with Crippen LogP contribution in [0.15, 0.2) is 60.8 Å². The molecule has 1 heterocycles. The normalized spacial score (nSPS) is 14.0. The first kappa shape index (κ1) is 13.8. The van der Waals surface area contributed by atoms with Crippen LogP contribution in [0.5, 0.6) is 0 Å². The number of benzene rings is 2. The molecule has 2 N–H and O–H groups in total. The zero-order chi connectivity index (χ0) is 14.9. The molecule has 21 heavy (non-hydrogen) atoms. The smallest absolute Gasteiger partial charge is 0.0704 e. The molecule has 0 radical (unpaired) electrons. The molecule has 0 aliphatic carbocycles. The first-order valence-corrected chi connectivity index (χ1v) is 7.25. The van der Waals surface area contributed by atoms with Gasteiger partial charge >= 0.3 is 0 Å². The second kappa shape index (κ2) is 5.30. The molecule has 2 nitrogen and oxygen atoms in total. The lowest BCUT2D eigenvalue weighted by molar-refractivity contribution is 0.490. The van der Waals surface area contributed by atoms with Crippen molar-refractivity contribution in [2.75, 3.05) is 0 Å². The fourth-order valence-electron chi connectivity index (χ4n) is 3.01. The van der Waals surface area contributed by atoms with Crippen LogP contribution < -0.4 is 5.73 Å². The maximum atomic E-state index is 6.64. The highest BCUT2D eigenvalue weighted by molar-refractivity contribution is 5.82. The largest absolute Gasteiger partial charge is 0.321 e. The predicted octanol–water partition coefficient (Wildman–Crippen LogP) is 3.96. The summed E-state index contributed by atoms with van der Waals surface area (Å²) in [5.74, 6) is 0. The van der Waals surface area contributed by atoms with Gasteiger partial charge in [0.1, 0.15) is 0 Å². The Labute approximate surface area is 125 Å². The van der Waals surface area contributed by atoms with Gasteiger partial charge in [0.2, 0.25) is 0 Å². The molecule has 2 heteroatoms. The van der Waals surface area contributed by atoms with Gasteiger partial charge in [0.25, 0.3) is 0 Å². The summed E-state index contributed by atoms with van der Waals surface area (Å²) < 4.78 is 0. The third-order valence-corrected chi connectivity index (χ3v) is 4.06. The van der Waals surface area contributed by atoms with E-state index < -0.39 is 5.54 Å².